The predicted octanol–water partition coefficient (Wildman–Crippen LogP) is 2.84. The predicted molar refractivity (Wildman–Crippen MR) is 52.5 cm³/mol. The largest absolute Gasteiger partial charge is 0.515 e. The quantitative estimate of drug-likeness (QED) is 0.500. The molecular formula is C11H18O2. The normalized spacial score (nSPS) is 30.8. The van der Waals surface area contributed by atoms with Crippen molar-refractivity contribution in [1.29, 1.82) is 0 Å². The number of rotatable bonds is 1. The molecule has 0 aromatic carbocycles. The summed E-state index contributed by atoms with van der Waals surface area (Å²) in [6.45, 7) is 6.08. The summed E-state index contributed by atoms with van der Waals surface area (Å²) in [7, 11) is 0. The lowest BCUT2D eigenvalue weighted by molar-refractivity contribution is -0.128. The highest BCUT2D eigenvalue weighted by atomic mass is 16.2. The van der Waals surface area contributed by atoms with E-state index in [1.807, 2.05) is 13.8 Å². The second-order valence-electron chi connectivity index (χ2n) is 4.35. The fourth-order valence-electron chi connectivity index (χ4n) is 2.24. The van der Waals surface area contributed by atoms with Gasteiger partial charge in [0.2, 0.25) is 0 Å². The minimum atomic E-state index is -0.290. The Hall–Kier alpha value is -0.790. The Bertz CT molecular complexity index is 238. The van der Waals surface area contributed by atoms with Gasteiger partial charge in [0.1, 0.15) is 0 Å². The van der Waals surface area contributed by atoms with Crippen molar-refractivity contribution in [2.45, 2.75) is 40.0 Å². The van der Waals surface area contributed by atoms with Gasteiger partial charge in [-0.1, -0.05) is 27.2 Å². The van der Waals surface area contributed by atoms with Crippen molar-refractivity contribution in [1.82, 2.24) is 0 Å². The van der Waals surface area contributed by atoms with Crippen molar-refractivity contribution in [3.05, 3.63) is 11.8 Å². The van der Waals surface area contributed by atoms with Crippen LogP contribution < -0.4 is 0 Å². The molecule has 0 amide bonds. The highest BCUT2D eigenvalue weighted by Crippen LogP contribution is 2.41. The molecule has 0 radical (unpaired) electrons. The maximum atomic E-state index is 11.8. The summed E-state index contributed by atoms with van der Waals surface area (Å²) in [4.78, 5) is 11.8. The van der Waals surface area contributed by atoms with Gasteiger partial charge in [0.25, 0.3) is 0 Å². The molecule has 13 heavy (non-hydrogen) atoms. The van der Waals surface area contributed by atoms with E-state index in [-0.39, 0.29) is 11.2 Å². The summed E-state index contributed by atoms with van der Waals surface area (Å²) >= 11 is 0. The van der Waals surface area contributed by atoms with E-state index in [4.69, 9.17) is 5.11 Å². The Morgan fingerprint density at radius 2 is 2.23 bits per heavy atom. The Kier molecular flexibility index (Phi) is 2.79. The van der Waals surface area contributed by atoms with Gasteiger partial charge in [-0.3, -0.25) is 4.79 Å². The van der Waals surface area contributed by atoms with Gasteiger partial charge in [0.15, 0.2) is 5.78 Å². The molecule has 1 aliphatic rings. The molecule has 2 heteroatoms. The minimum Gasteiger partial charge on any atom is -0.515 e. The zero-order chi connectivity index (χ0) is 10.1. The Balaban J connectivity index is 2.92. The summed E-state index contributed by atoms with van der Waals surface area (Å²) in [6, 6.07) is 0. The summed E-state index contributed by atoms with van der Waals surface area (Å²) in [6.07, 6.45) is 3.77. The first-order valence-corrected chi connectivity index (χ1v) is 4.92. The fraction of sp³-hybridized carbons (Fsp3) is 0.727. The molecule has 0 aromatic rings. The van der Waals surface area contributed by atoms with Crippen molar-refractivity contribution < 1.29 is 9.90 Å². The van der Waals surface area contributed by atoms with Crippen LogP contribution in [-0.2, 0) is 4.79 Å². The topological polar surface area (TPSA) is 37.3 Å². The maximum absolute atomic E-state index is 11.8. The molecule has 0 aliphatic heterocycles. The monoisotopic (exact) mass is 182 g/mol. The lowest BCUT2D eigenvalue weighted by Crippen LogP contribution is -2.37. The van der Waals surface area contributed by atoms with Crippen LogP contribution in [0.25, 0.3) is 0 Å². The first kappa shape index (κ1) is 10.3. The number of Topliss-reactive ketones (excluding diaryl/α,β-unsaturated/α-hetero) is 1. The molecule has 1 saturated carbocycles. The number of hydrogen-bond donors (Lipinski definition) is 1. The van der Waals surface area contributed by atoms with E-state index >= 15 is 0 Å². The molecule has 1 fully saturated rings. The summed E-state index contributed by atoms with van der Waals surface area (Å²) in [5.74, 6) is 0.580. The van der Waals surface area contributed by atoms with Gasteiger partial charge in [-0.15, -0.1) is 0 Å². The maximum Gasteiger partial charge on any atom is 0.167 e. The fourth-order valence-corrected chi connectivity index (χ4v) is 2.24. The molecule has 0 heterocycles. The first-order chi connectivity index (χ1) is 6.04. The van der Waals surface area contributed by atoms with Gasteiger partial charge in [0, 0.05) is 11.0 Å². The zero-order valence-corrected chi connectivity index (χ0v) is 8.63. The summed E-state index contributed by atoms with van der Waals surface area (Å²) < 4.78 is 0. The molecule has 1 rings (SSSR count). The van der Waals surface area contributed by atoms with Crippen LogP contribution in [0.15, 0.2) is 11.8 Å². The Morgan fingerprint density at radius 3 is 2.69 bits per heavy atom. The molecule has 0 bridgehead atoms. The molecule has 1 N–H and O–H groups in total. The SMILES string of the molecule is CCC1CC/C(=C/O)C(=O)C1(C)C. The van der Waals surface area contributed by atoms with Crippen molar-refractivity contribution in [2.24, 2.45) is 11.3 Å². The highest BCUT2D eigenvalue weighted by molar-refractivity contribution is 6.00. The lowest BCUT2D eigenvalue weighted by Gasteiger charge is -2.37. The van der Waals surface area contributed by atoms with Gasteiger partial charge >= 0.3 is 0 Å². The van der Waals surface area contributed by atoms with Gasteiger partial charge in [-0.2, -0.15) is 0 Å². The number of carbonyl (C=O) groups excluding carboxylic acids is 1. The third-order valence-electron chi connectivity index (χ3n) is 3.31. The van der Waals surface area contributed by atoms with Crippen molar-refractivity contribution in [2.75, 3.05) is 0 Å². The van der Waals surface area contributed by atoms with Crippen LogP contribution in [0.2, 0.25) is 0 Å². The van der Waals surface area contributed by atoms with E-state index in [0.29, 0.717) is 11.5 Å². The molecule has 1 unspecified atom stereocenters. The Labute approximate surface area is 79.6 Å². The zero-order valence-electron chi connectivity index (χ0n) is 8.63. The number of aliphatic hydroxyl groups excluding tert-OH is 1. The summed E-state index contributed by atoms with van der Waals surface area (Å²) in [5.41, 5.74) is 0.302. The average Bonchev–Trinajstić information content (AvgIpc) is 2.09. The van der Waals surface area contributed by atoms with Crippen LogP contribution in [0.4, 0.5) is 0 Å². The number of ketones is 1. The van der Waals surface area contributed by atoms with Crippen molar-refractivity contribution in [3.63, 3.8) is 0 Å². The molecular weight excluding hydrogens is 164 g/mol. The molecule has 1 atom stereocenters. The molecule has 0 spiro atoms. The molecule has 0 aromatic heterocycles. The van der Waals surface area contributed by atoms with Crippen molar-refractivity contribution >= 4 is 5.78 Å². The van der Waals surface area contributed by atoms with Crippen LogP contribution in [0, 0.1) is 11.3 Å². The number of allylic oxidation sites excluding steroid dienone is 1. The van der Waals surface area contributed by atoms with Gasteiger partial charge in [0.05, 0.1) is 6.26 Å². The van der Waals surface area contributed by atoms with Gasteiger partial charge < -0.3 is 5.11 Å². The van der Waals surface area contributed by atoms with Crippen LogP contribution >= 0.6 is 0 Å². The standard InChI is InChI=1S/C11H18O2/c1-4-9-6-5-8(7-12)10(13)11(9,2)3/h7,9,12H,4-6H2,1-3H3/b8-7-. The third-order valence-corrected chi connectivity index (χ3v) is 3.31. The van der Waals surface area contributed by atoms with E-state index < -0.39 is 0 Å². The Morgan fingerprint density at radius 1 is 1.62 bits per heavy atom. The highest BCUT2D eigenvalue weighted by Gasteiger charge is 2.40. The van der Waals surface area contributed by atoms with E-state index in [2.05, 4.69) is 6.92 Å². The van der Waals surface area contributed by atoms with Gasteiger partial charge in [-0.05, 0) is 18.8 Å². The third kappa shape index (κ3) is 1.62. The van der Waals surface area contributed by atoms with E-state index in [1.54, 1.807) is 0 Å². The molecule has 2 nitrogen and oxygen atoms in total. The second kappa shape index (κ2) is 3.52. The van der Waals surface area contributed by atoms with Crippen LogP contribution in [0.1, 0.15) is 40.0 Å². The average molecular weight is 182 g/mol. The smallest absolute Gasteiger partial charge is 0.167 e. The number of hydrogen-bond acceptors (Lipinski definition) is 2. The van der Waals surface area contributed by atoms with Gasteiger partial charge in [-0.25, -0.2) is 0 Å². The van der Waals surface area contributed by atoms with Crippen LogP contribution in [-0.4, -0.2) is 10.9 Å². The lowest BCUT2D eigenvalue weighted by atomic mass is 9.65. The van der Waals surface area contributed by atoms with Crippen LogP contribution in [0.5, 0.6) is 0 Å². The summed E-state index contributed by atoms with van der Waals surface area (Å²) in [5, 5.41) is 8.87. The van der Waals surface area contributed by atoms with Crippen molar-refractivity contribution in [3.8, 4) is 0 Å². The van der Waals surface area contributed by atoms with E-state index in [9.17, 15) is 4.79 Å². The second-order valence-corrected chi connectivity index (χ2v) is 4.35. The number of carbonyl (C=O) groups is 1. The van der Waals surface area contributed by atoms with E-state index in [0.717, 1.165) is 25.5 Å². The van der Waals surface area contributed by atoms with E-state index in [1.165, 1.54) is 0 Å². The first-order valence-electron chi connectivity index (χ1n) is 4.92. The molecule has 1 aliphatic carbocycles. The number of aliphatic hydroxyl groups is 1. The molecule has 0 saturated heterocycles. The molecule has 74 valence electrons. The van der Waals surface area contributed by atoms with Crippen LogP contribution in [0.3, 0.4) is 0 Å². The minimum absolute atomic E-state index is 0.119.